The molecule has 0 atom stereocenters. The van der Waals surface area contributed by atoms with Gasteiger partial charge in [-0.15, -0.1) is 0 Å². The van der Waals surface area contributed by atoms with Gasteiger partial charge in [-0.3, -0.25) is 9.59 Å². The van der Waals surface area contributed by atoms with Gasteiger partial charge in [-0.05, 0) is 67.4 Å². The largest absolute Gasteiger partial charge is 0.497 e. The third kappa shape index (κ3) is 5.41. The average molecular weight is 443 g/mol. The van der Waals surface area contributed by atoms with Crippen LogP contribution < -0.4 is 20.2 Å². The second-order valence-electron chi connectivity index (χ2n) is 7.68. The molecule has 0 saturated carbocycles. The number of rotatable bonds is 8. The van der Waals surface area contributed by atoms with E-state index in [1.807, 2.05) is 43.3 Å². The Labute approximate surface area is 191 Å². The van der Waals surface area contributed by atoms with Crippen LogP contribution in [0.4, 0.5) is 5.69 Å². The Morgan fingerprint density at radius 3 is 2.55 bits per heavy atom. The fourth-order valence-electron chi connectivity index (χ4n) is 3.48. The molecule has 33 heavy (non-hydrogen) atoms. The Bertz CT molecular complexity index is 1320. The minimum absolute atomic E-state index is 0.0812. The van der Waals surface area contributed by atoms with Gasteiger partial charge in [0.25, 0.3) is 0 Å². The minimum Gasteiger partial charge on any atom is -0.497 e. The highest BCUT2D eigenvalue weighted by Crippen LogP contribution is 2.25. The van der Waals surface area contributed by atoms with E-state index < -0.39 is 0 Å². The van der Waals surface area contributed by atoms with Gasteiger partial charge >= 0.3 is 0 Å². The zero-order valence-electron chi connectivity index (χ0n) is 18.6. The number of nitrogens with one attached hydrogen (secondary N) is 1. The minimum atomic E-state index is -0.143. The second-order valence-corrected chi connectivity index (χ2v) is 7.68. The number of anilines is 1. The van der Waals surface area contributed by atoms with E-state index in [0.717, 1.165) is 16.9 Å². The Kier molecular flexibility index (Phi) is 6.74. The van der Waals surface area contributed by atoms with Gasteiger partial charge in [-0.1, -0.05) is 18.2 Å². The number of aryl methyl sites for hydroxylation is 1. The lowest BCUT2D eigenvalue weighted by molar-refractivity contribution is -0.116. The summed E-state index contributed by atoms with van der Waals surface area (Å²) < 4.78 is 16.8. The van der Waals surface area contributed by atoms with Crippen LogP contribution in [0.1, 0.15) is 18.4 Å². The molecule has 3 aromatic carbocycles. The molecule has 0 fully saturated rings. The maximum Gasteiger partial charge on any atom is 0.224 e. The Morgan fingerprint density at radius 2 is 1.79 bits per heavy atom. The van der Waals surface area contributed by atoms with Gasteiger partial charge in [0.05, 0.1) is 19.1 Å². The van der Waals surface area contributed by atoms with E-state index in [9.17, 15) is 9.59 Å². The van der Waals surface area contributed by atoms with E-state index in [1.165, 1.54) is 6.07 Å². The molecule has 0 aliphatic rings. The van der Waals surface area contributed by atoms with Crippen molar-refractivity contribution in [3.8, 4) is 22.8 Å². The first kappa shape index (κ1) is 22.1. The highest BCUT2D eigenvalue weighted by molar-refractivity contribution is 5.91. The van der Waals surface area contributed by atoms with Crippen LogP contribution in [0.25, 0.3) is 22.3 Å². The molecule has 4 aromatic rings. The predicted molar refractivity (Wildman–Crippen MR) is 129 cm³/mol. The molecule has 6 heteroatoms. The molecule has 0 spiro atoms. The van der Waals surface area contributed by atoms with Crippen molar-refractivity contribution in [1.29, 1.82) is 0 Å². The SMILES string of the molecule is COc1ccc2oc(-c3ccc(NC(=O)CCCOc4ccccc4C)cc3)cc(=O)c2c1. The fraction of sp³-hybridized carbons (Fsp3) is 0.185. The van der Waals surface area contributed by atoms with Gasteiger partial charge in [-0.25, -0.2) is 0 Å². The summed E-state index contributed by atoms with van der Waals surface area (Å²) in [5, 5.41) is 3.35. The van der Waals surface area contributed by atoms with Gasteiger partial charge in [0, 0.05) is 23.7 Å². The number of fused-ring (bicyclic) bond motifs is 1. The lowest BCUT2D eigenvalue weighted by atomic mass is 10.1. The summed E-state index contributed by atoms with van der Waals surface area (Å²) in [5.41, 5.74) is 2.84. The third-order valence-corrected chi connectivity index (χ3v) is 5.29. The molecule has 1 amide bonds. The summed E-state index contributed by atoms with van der Waals surface area (Å²) in [6, 6.07) is 21.6. The maximum atomic E-state index is 12.5. The predicted octanol–water partition coefficient (Wildman–Crippen LogP) is 5.57. The van der Waals surface area contributed by atoms with Crippen LogP contribution in [-0.2, 0) is 4.79 Å². The molecule has 0 saturated heterocycles. The highest BCUT2D eigenvalue weighted by Gasteiger charge is 2.09. The van der Waals surface area contributed by atoms with E-state index in [1.54, 1.807) is 37.4 Å². The van der Waals surface area contributed by atoms with Crippen molar-refractivity contribution in [1.82, 2.24) is 0 Å². The van der Waals surface area contributed by atoms with Crippen LogP contribution in [0.5, 0.6) is 11.5 Å². The van der Waals surface area contributed by atoms with E-state index in [0.29, 0.717) is 47.6 Å². The van der Waals surface area contributed by atoms with Crippen molar-refractivity contribution >= 4 is 22.6 Å². The summed E-state index contributed by atoms with van der Waals surface area (Å²) in [6.07, 6.45) is 0.974. The van der Waals surface area contributed by atoms with Crippen molar-refractivity contribution in [2.45, 2.75) is 19.8 Å². The van der Waals surface area contributed by atoms with E-state index in [-0.39, 0.29) is 11.3 Å². The summed E-state index contributed by atoms with van der Waals surface area (Å²) in [6.45, 7) is 2.47. The van der Waals surface area contributed by atoms with Crippen molar-refractivity contribution in [3.05, 3.63) is 88.6 Å². The van der Waals surface area contributed by atoms with Crippen molar-refractivity contribution in [2.75, 3.05) is 19.0 Å². The lowest BCUT2D eigenvalue weighted by Crippen LogP contribution is -2.12. The molecule has 168 valence electrons. The molecule has 4 rings (SSSR count). The van der Waals surface area contributed by atoms with Gasteiger partial charge in [0.2, 0.25) is 5.91 Å². The summed E-state index contributed by atoms with van der Waals surface area (Å²) >= 11 is 0. The zero-order chi connectivity index (χ0) is 23.2. The van der Waals surface area contributed by atoms with Crippen molar-refractivity contribution in [2.24, 2.45) is 0 Å². The summed E-state index contributed by atoms with van der Waals surface area (Å²) in [5.74, 6) is 1.82. The second kappa shape index (κ2) is 10.0. The van der Waals surface area contributed by atoms with Crippen LogP contribution in [0.2, 0.25) is 0 Å². The van der Waals surface area contributed by atoms with E-state index >= 15 is 0 Å². The molecule has 0 radical (unpaired) electrons. The first-order chi connectivity index (χ1) is 16.0. The quantitative estimate of drug-likeness (QED) is 0.360. The Morgan fingerprint density at radius 1 is 1.00 bits per heavy atom. The number of carbonyl (C=O) groups is 1. The number of methoxy groups -OCH3 is 1. The average Bonchev–Trinajstić information content (AvgIpc) is 2.83. The number of ether oxygens (including phenoxy) is 2. The van der Waals surface area contributed by atoms with Gasteiger partial charge in [-0.2, -0.15) is 0 Å². The molecular weight excluding hydrogens is 418 g/mol. The number of carbonyl (C=O) groups excluding carboxylic acids is 1. The normalized spacial score (nSPS) is 10.7. The van der Waals surface area contributed by atoms with Gasteiger partial charge < -0.3 is 19.2 Å². The molecule has 1 N–H and O–H groups in total. The molecule has 1 aromatic heterocycles. The lowest BCUT2D eigenvalue weighted by Gasteiger charge is -2.09. The number of benzene rings is 3. The molecule has 0 unspecified atom stereocenters. The number of hydrogen-bond donors (Lipinski definition) is 1. The van der Waals surface area contributed by atoms with Crippen LogP contribution in [0.3, 0.4) is 0 Å². The molecule has 0 aliphatic carbocycles. The van der Waals surface area contributed by atoms with Crippen LogP contribution >= 0.6 is 0 Å². The topological polar surface area (TPSA) is 77.8 Å². The first-order valence-electron chi connectivity index (χ1n) is 10.7. The maximum absolute atomic E-state index is 12.5. The Hall–Kier alpha value is -4.06. The van der Waals surface area contributed by atoms with E-state index in [2.05, 4.69) is 5.32 Å². The first-order valence-corrected chi connectivity index (χ1v) is 10.7. The number of para-hydroxylation sites is 1. The van der Waals surface area contributed by atoms with Crippen LogP contribution in [0, 0.1) is 6.92 Å². The van der Waals surface area contributed by atoms with Gasteiger partial charge in [0.1, 0.15) is 22.8 Å². The molecule has 0 bridgehead atoms. The van der Waals surface area contributed by atoms with E-state index in [4.69, 9.17) is 13.9 Å². The third-order valence-electron chi connectivity index (χ3n) is 5.29. The summed E-state index contributed by atoms with van der Waals surface area (Å²) in [7, 11) is 1.55. The van der Waals surface area contributed by atoms with Gasteiger partial charge in [0.15, 0.2) is 5.43 Å². The van der Waals surface area contributed by atoms with Crippen molar-refractivity contribution in [3.63, 3.8) is 0 Å². The molecule has 0 aliphatic heterocycles. The standard InChI is InChI=1S/C27H25NO5/c1-18-6-3-4-7-24(18)32-15-5-8-27(30)28-20-11-9-19(10-12-20)26-17-23(29)22-16-21(31-2)13-14-25(22)33-26/h3-4,6-7,9-14,16-17H,5,8,15H2,1-2H3,(H,28,30). The zero-order valence-corrected chi connectivity index (χ0v) is 18.6. The highest BCUT2D eigenvalue weighted by atomic mass is 16.5. The fourth-order valence-corrected chi connectivity index (χ4v) is 3.48. The Balaban J connectivity index is 1.35. The number of amides is 1. The summed E-state index contributed by atoms with van der Waals surface area (Å²) in [4.78, 5) is 24.8. The smallest absolute Gasteiger partial charge is 0.224 e. The monoisotopic (exact) mass is 443 g/mol. The molecule has 1 heterocycles. The van der Waals surface area contributed by atoms with Crippen LogP contribution in [-0.4, -0.2) is 19.6 Å². The van der Waals surface area contributed by atoms with Crippen molar-refractivity contribution < 1.29 is 18.7 Å². The molecular formula is C27H25NO5. The molecule has 6 nitrogen and oxygen atoms in total. The van der Waals surface area contributed by atoms with Crippen LogP contribution in [0.15, 0.2) is 82.0 Å². The number of hydrogen-bond acceptors (Lipinski definition) is 5.